The SMILES string of the molecule is CN(C1CCCC1)S(=O)(=O)c1cc(CNC2CC2)sc1Br. The van der Waals surface area contributed by atoms with Gasteiger partial charge in [-0.25, -0.2) is 8.42 Å². The molecule has 2 saturated carbocycles. The lowest BCUT2D eigenvalue weighted by Gasteiger charge is -2.23. The van der Waals surface area contributed by atoms with Crippen LogP contribution in [0.4, 0.5) is 0 Å². The summed E-state index contributed by atoms with van der Waals surface area (Å²) in [5.74, 6) is 0. The van der Waals surface area contributed by atoms with Crippen molar-refractivity contribution in [3.8, 4) is 0 Å². The van der Waals surface area contributed by atoms with Gasteiger partial charge in [0.25, 0.3) is 0 Å². The first-order valence-electron chi connectivity index (χ1n) is 7.48. The highest BCUT2D eigenvalue weighted by molar-refractivity contribution is 9.11. The summed E-state index contributed by atoms with van der Waals surface area (Å²) in [7, 11) is -1.67. The van der Waals surface area contributed by atoms with Gasteiger partial charge in [0, 0.05) is 30.6 Å². The van der Waals surface area contributed by atoms with Gasteiger partial charge in [0.2, 0.25) is 10.0 Å². The van der Waals surface area contributed by atoms with Crippen LogP contribution in [-0.2, 0) is 16.6 Å². The largest absolute Gasteiger partial charge is 0.309 e. The number of rotatable bonds is 6. The minimum absolute atomic E-state index is 0.162. The molecule has 21 heavy (non-hydrogen) atoms. The number of sulfonamides is 1. The summed E-state index contributed by atoms with van der Waals surface area (Å²) in [6.07, 6.45) is 6.70. The molecule has 4 nitrogen and oxygen atoms in total. The van der Waals surface area contributed by atoms with E-state index in [1.54, 1.807) is 11.4 Å². The van der Waals surface area contributed by atoms with Crippen LogP contribution in [-0.4, -0.2) is 31.9 Å². The van der Waals surface area contributed by atoms with Crippen molar-refractivity contribution >= 4 is 37.3 Å². The third-order valence-electron chi connectivity index (χ3n) is 4.34. The van der Waals surface area contributed by atoms with E-state index >= 15 is 0 Å². The summed E-state index contributed by atoms with van der Waals surface area (Å²) in [5, 5.41) is 3.43. The van der Waals surface area contributed by atoms with Crippen LogP contribution in [0.1, 0.15) is 43.4 Å². The molecule has 0 amide bonds. The first kappa shape index (κ1) is 15.9. The second-order valence-corrected chi connectivity index (χ2v) is 10.4. The van der Waals surface area contributed by atoms with E-state index in [0.29, 0.717) is 10.9 Å². The summed E-state index contributed by atoms with van der Waals surface area (Å²) in [6, 6.07) is 2.62. The quantitative estimate of drug-likeness (QED) is 0.807. The van der Waals surface area contributed by atoms with Crippen molar-refractivity contribution in [1.82, 2.24) is 9.62 Å². The molecule has 118 valence electrons. The highest BCUT2D eigenvalue weighted by Gasteiger charge is 2.32. The van der Waals surface area contributed by atoms with Gasteiger partial charge < -0.3 is 5.32 Å². The van der Waals surface area contributed by atoms with Gasteiger partial charge in [-0.2, -0.15) is 4.31 Å². The monoisotopic (exact) mass is 392 g/mol. The number of nitrogens with zero attached hydrogens (tertiary/aromatic N) is 1. The molecule has 0 aromatic carbocycles. The minimum Gasteiger partial charge on any atom is -0.309 e. The third kappa shape index (κ3) is 3.52. The lowest BCUT2D eigenvalue weighted by atomic mass is 10.3. The van der Waals surface area contributed by atoms with Gasteiger partial charge in [-0.3, -0.25) is 0 Å². The topological polar surface area (TPSA) is 49.4 Å². The molecular formula is C14H21BrN2O2S2. The zero-order valence-electron chi connectivity index (χ0n) is 12.1. The Kier molecular flexibility index (Phi) is 4.76. The van der Waals surface area contributed by atoms with Crippen LogP contribution in [0.2, 0.25) is 0 Å². The highest BCUT2D eigenvalue weighted by Crippen LogP contribution is 2.36. The Morgan fingerprint density at radius 3 is 2.62 bits per heavy atom. The van der Waals surface area contributed by atoms with Gasteiger partial charge in [0.05, 0.1) is 3.79 Å². The smallest absolute Gasteiger partial charge is 0.245 e. The van der Waals surface area contributed by atoms with Crippen molar-refractivity contribution in [1.29, 1.82) is 0 Å². The molecule has 2 aliphatic rings. The van der Waals surface area contributed by atoms with E-state index in [-0.39, 0.29) is 6.04 Å². The fraction of sp³-hybridized carbons (Fsp3) is 0.714. The van der Waals surface area contributed by atoms with Gasteiger partial charge in [0.1, 0.15) is 4.90 Å². The van der Waals surface area contributed by atoms with E-state index in [1.165, 1.54) is 24.2 Å². The van der Waals surface area contributed by atoms with Gasteiger partial charge in [-0.15, -0.1) is 11.3 Å². The fourth-order valence-corrected chi connectivity index (χ4v) is 6.81. The Balaban J connectivity index is 1.76. The molecule has 0 atom stereocenters. The molecule has 0 unspecified atom stereocenters. The summed E-state index contributed by atoms with van der Waals surface area (Å²) in [6.45, 7) is 0.761. The van der Waals surface area contributed by atoms with E-state index in [2.05, 4.69) is 21.2 Å². The molecule has 0 spiro atoms. The molecule has 7 heteroatoms. The predicted molar refractivity (Wildman–Crippen MR) is 89.1 cm³/mol. The van der Waals surface area contributed by atoms with E-state index in [9.17, 15) is 8.42 Å². The number of thiophene rings is 1. The van der Waals surface area contributed by atoms with Crippen LogP contribution < -0.4 is 5.32 Å². The maximum atomic E-state index is 12.8. The molecule has 0 bridgehead atoms. The van der Waals surface area contributed by atoms with Gasteiger partial charge in [0.15, 0.2) is 0 Å². The normalized spacial score (nSPS) is 20.5. The molecule has 3 rings (SSSR count). The molecule has 1 heterocycles. The molecule has 1 aromatic heterocycles. The van der Waals surface area contributed by atoms with E-state index in [1.807, 2.05) is 6.07 Å². The molecule has 2 aliphatic carbocycles. The van der Waals surface area contributed by atoms with Gasteiger partial charge in [-0.1, -0.05) is 12.8 Å². The van der Waals surface area contributed by atoms with E-state index < -0.39 is 10.0 Å². The summed E-state index contributed by atoms with van der Waals surface area (Å²) in [5.41, 5.74) is 0. The Morgan fingerprint density at radius 1 is 1.33 bits per heavy atom. The molecule has 2 fully saturated rings. The van der Waals surface area contributed by atoms with Crippen LogP contribution in [0.25, 0.3) is 0 Å². The lowest BCUT2D eigenvalue weighted by Crippen LogP contribution is -2.35. The van der Waals surface area contributed by atoms with Gasteiger partial charge >= 0.3 is 0 Å². The average molecular weight is 393 g/mol. The molecule has 0 aliphatic heterocycles. The van der Waals surface area contributed by atoms with Crippen molar-refractivity contribution < 1.29 is 8.42 Å². The van der Waals surface area contributed by atoms with Crippen molar-refractivity contribution in [2.45, 2.75) is 62.0 Å². The maximum Gasteiger partial charge on any atom is 0.245 e. The van der Waals surface area contributed by atoms with Crippen molar-refractivity contribution in [2.24, 2.45) is 0 Å². The Labute approximate surface area is 139 Å². The van der Waals surface area contributed by atoms with Crippen molar-refractivity contribution in [3.63, 3.8) is 0 Å². The van der Waals surface area contributed by atoms with Crippen LogP contribution in [0, 0.1) is 0 Å². The molecule has 1 N–H and O–H groups in total. The Morgan fingerprint density at radius 2 is 2.00 bits per heavy atom. The number of hydrogen-bond acceptors (Lipinski definition) is 4. The second kappa shape index (κ2) is 6.28. The Hall–Kier alpha value is 0.0500. The number of halogens is 1. The zero-order valence-corrected chi connectivity index (χ0v) is 15.4. The molecule has 1 aromatic rings. The van der Waals surface area contributed by atoms with Crippen LogP contribution in [0.5, 0.6) is 0 Å². The molecular weight excluding hydrogens is 372 g/mol. The number of nitrogens with one attached hydrogen (secondary N) is 1. The molecule has 0 radical (unpaired) electrons. The molecule has 0 saturated heterocycles. The first-order valence-corrected chi connectivity index (χ1v) is 10.5. The van der Waals surface area contributed by atoms with Crippen LogP contribution in [0.15, 0.2) is 14.7 Å². The number of hydrogen-bond donors (Lipinski definition) is 1. The van der Waals surface area contributed by atoms with Crippen LogP contribution >= 0.6 is 27.3 Å². The summed E-state index contributed by atoms with van der Waals surface area (Å²) in [4.78, 5) is 1.50. The maximum absolute atomic E-state index is 12.8. The Bertz CT molecular complexity index is 604. The third-order valence-corrected chi connectivity index (χ3v) is 8.51. The standard InChI is InChI=1S/C14H21BrN2O2S2/c1-17(11-4-2-3-5-11)21(18,19)13-8-12(20-14(13)15)9-16-10-6-7-10/h8,10-11,16H,2-7,9H2,1H3. The van der Waals surface area contributed by atoms with E-state index in [4.69, 9.17) is 0 Å². The predicted octanol–water partition coefficient (Wildman–Crippen LogP) is 3.33. The summed E-state index contributed by atoms with van der Waals surface area (Å²) < 4.78 is 27.9. The van der Waals surface area contributed by atoms with E-state index in [0.717, 1.165) is 40.9 Å². The summed E-state index contributed by atoms with van der Waals surface area (Å²) >= 11 is 4.96. The lowest BCUT2D eigenvalue weighted by molar-refractivity contribution is 0.373. The van der Waals surface area contributed by atoms with Crippen molar-refractivity contribution in [3.05, 3.63) is 14.7 Å². The zero-order chi connectivity index (χ0) is 15.0. The highest BCUT2D eigenvalue weighted by atomic mass is 79.9. The average Bonchev–Trinajstić information content (AvgIpc) is 2.97. The second-order valence-electron chi connectivity index (χ2n) is 5.97. The van der Waals surface area contributed by atoms with Gasteiger partial charge in [-0.05, 0) is 47.7 Å². The minimum atomic E-state index is -3.39. The fourth-order valence-electron chi connectivity index (χ4n) is 2.81. The van der Waals surface area contributed by atoms with Crippen molar-refractivity contribution in [2.75, 3.05) is 7.05 Å². The van der Waals surface area contributed by atoms with Crippen LogP contribution in [0.3, 0.4) is 0 Å². The first-order chi connectivity index (χ1) is 9.98.